The van der Waals surface area contributed by atoms with Gasteiger partial charge in [0.25, 0.3) is 0 Å². The molecule has 1 aliphatic heterocycles. The minimum Gasteiger partial charge on any atom is -0.381 e. The van der Waals surface area contributed by atoms with Gasteiger partial charge in [-0.25, -0.2) is 0 Å². The number of ether oxygens (including phenoxy) is 2. The maximum atomic E-state index is 6.26. The number of rotatable bonds is 7. The number of benzene rings is 1. The van der Waals surface area contributed by atoms with Gasteiger partial charge in [-0.2, -0.15) is 0 Å². The molecule has 1 saturated heterocycles. The molecule has 2 unspecified atom stereocenters. The van der Waals surface area contributed by atoms with Crippen molar-refractivity contribution >= 4 is 11.6 Å². The molecule has 0 spiro atoms. The van der Waals surface area contributed by atoms with E-state index in [1.54, 1.807) is 0 Å². The SMILES string of the molecule is CCNCC(OCC1CCOC1)c1ccccc1Cl. The Morgan fingerprint density at radius 2 is 2.32 bits per heavy atom. The molecular weight excluding hydrogens is 262 g/mol. The molecule has 4 heteroatoms. The Balaban J connectivity index is 1.96. The monoisotopic (exact) mass is 283 g/mol. The van der Waals surface area contributed by atoms with Crippen LogP contribution < -0.4 is 5.32 Å². The Morgan fingerprint density at radius 3 is 3.00 bits per heavy atom. The summed E-state index contributed by atoms with van der Waals surface area (Å²) < 4.78 is 11.4. The Hall–Kier alpha value is -0.610. The summed E-state index contributed by atoms with van der Waals surface area (Å²) in [5.74, 6) is 0.520. The van der Waals surface area contributed by atoms with Crippen molar-refractivity contribution in [2.75, 3.05) is 32.9 Å². The molecule has 0 bridgehead atoms. The Morgan fingerprint density at radius 1 is 1.47 bits per heavy atom. The molecule has 3 nitrogen and oxygen atoms in total. The summed E-state index contributed by atoms with van der Waals surface area (Å²) in [5.41, 5.74) is 1.06. The van der Waals surface area contributed by atoms with Gasteiger partial charge in [-0.05, 0) is 19.0 Å². The van der Waals surface area contributed by atoms with Gasteiger partial charge < -0.3 is 14.8 Å². The number of likely N-dealkylation sites (N-methyl/N-ethyl adjacent to an activating group) is 1. The van der Waals surface area contributed by atoms with E-state index in [2.05, 4.69) is 12.2 Å². The average Bonchev–Trinajstić information content (AvgIpc) is 2.93. The maximum absolute atomic E-state index is 6.26. The summed E-state index contributed by atoms with van der Waals surface area (Å²) >= 11 is 6.26. The van der Waals surface area contributed by atoms with Gasteiger partial charge >= 0.3 is 0 Å². The molecule has 1 aromatic rings. The zero-order chi connectivity index (χ0) is 13.5. The smallest absolute Gasteiger partial charge is 0.0963 e. The first-order valence-corrected chi connectivity index (χ1v) is 7.33. The number of nitrogens with one attached hydrogen (secondary N) is 1. The molecule has 0 saturated carbocycles. The van der Waals surface area contributed by atoms with Gasteiger partial charge in [0.05, 0.1) is 19.3 Å². The second kappa shape index (κ2) is 7.85. The van der Waals surface area contributed by atoms with E-state index in [1.165, 1.54) is 0 Å². The summed E-state index contributed by atoms with van der Waals surface area (Å²) in [5, 5.41) is 4.11. The first kappa shape index (κ1) is 14.8. The van der Waals surface area contributed by atoms with Crippen molar-refractivity contribution < 1.29 is 9.47 Å². The van der Waals surface area contributed by atoms with Crippen LogP contribution in [-0.2, 0) is 9.47 Å². The quantitative estimate of drug-likeness (QED) is 0.834. The third-order valence-corrected chi connectivity index (χ3v) is 3.73. The van der Waals surface area contributed by atoms with E-state index in [4.69, 9.17) is 21.1 Å². The predicted octanol–water partition coefficient (Wildman–Crippen LogP) is 3.04. The van der Waals surface area contributed by atoms with Gasteiger partial charge in [-0.3, -0.25) is 0 Å². The van der Waals surface area contributed by atoms with Crippen LogP contribution >= 0.6 is 11.6 Å². The van der Waals surface area contributed by atoms with Crippen LogP contribution in [-0.4, -0.2) is 32.9 Å². The first-order chi connectivity index (χ1) is 9.31. The fraction of sp³-hybridized carbons (Fsp3) is 0.600. The second-order valence-electron chi connectivity index (χ2n) is 4.88. The van der Waals surface area contributed by atoms with Crippen molar-refractivity contribution in [2.45, 2.75) is 19.4 Å². The van der Waals surface area contributed by atoms with Crippen molar-refractivity contribution in [3.8, 4) is 0 Å². The van der Waals surface area contributed by atoms with E-state index >= 15 is 0 Å². The molecule has 1 N–H and O–H groups in total. The zero-order valence-corrected chi connectivity index (χ0v) is 12.2. The van der Waals surface area contributed by atoms with Crippen LogP contribution in [0.5, 0.6) is 0 Å². The number of hydrogen-bond donors (Lipinski definition) is 1. The fourth-order valence-corrected chi connectivity index (χ4v) is 2.49. The van der Waals surface area contributed by atoms with Crippen LogP contribution in [0.4, 0.5) is 0 Å². The highest BCUT2D eigenvalue weighted by Gasteiger charge is 2.20. The lowest BCUT2D eigenvalue weighted by Crippen LogP contribution is -2.25. The van der Waals surface area contributed by atoms with Gasteiger partial charge in [0.15, 0.2) is 0 Å². The molecule has 19 heavy (non-hydrogen) atoms. The lowest BCUT2D eigenvalue weighted by atomic mass is 10.1. The molecule has 1 aliphatic rings. The van der Waals surface area contributed by atoms with Gasteiger partial charge in [-0.15, -0.1) is 0 Å². The first-order valence-electron chi connectivity index (χ1n) is 6.95. The van der Waals surface area contributed by atoms with E-state index in [1.807, 2.05) is 24.3 Å². The van der Waals surface area contributed by atoms with E-state index in [-0.39, 0.29) is 6.10 Å². The summed E-state index contributed by atoms with van der Waals surface area (Å²) in [6.07, 6.45) is 1.10. The average molecular weight is 284 g/mol. The molecule has 1 aromatic carbocycles. The lowest BCUT2D eigenvalue weighted by molar-refractivity contribution is 0.0257. The molecule has 2 atom stereocenters. The number of halogens is 1. The highest BCUT2D eigenvalue weighted by atomic mass is 35.5. The van der Waals surface area contributed by atoms with E-state index in [0.29, 0.717) is 5.92 Å². The van der Waals surface area contributed by atoms with Crippen molar-refractivity contribution in [3.05, 3.63) is 34.9 Å². The van der Waals surface area contributed by atoms with Crippen LogP contribution in [0.3, 0.4) is 0 Å². The third-order valence-electron chi connectivity index (χ3n) is 3.39. The largest absolute Gasteiger partial charge is 0.381 e. The van der Waals surface area contributed by atoms with Crippen molar-refractivity contribution in [3.63, 3.8) is 0 Å². The topological polar surface area (TPSA) is 30.5 Å². The molecule has 2 rings (SSSR count). The molecule has 1 fully saturated rings. The molecule has 0 radical (unpaired) electrons. The van der Waals surface area contributed by atoms with E-state index in [9.17, 15) is 0 Å². The molecule has 0 amide bonds. The summed E-state index contributed by atoms with van der Waals surface area (Å²) in [6.45, 7) is 6.22. The van der Waals surface area contributed by atoms with Crippen LogP contribution in [0, 0.1) is 5.92 Å². The molecule has 0 aromatic heterocycles. The van der Waals surface area contributed by atoms with Crippen LogP contribution in [0.1, 0.15) is 25.0 Å². The van der Waals surface area contributed by atoms with Crippen molar-refractivity contribution in [1.82, 2.24) is 5.32 Å². The minimum absolute atomic E-state index is 0.00856. The summed E-state index contributed by atoms with van der Waals surface area (Å²) in [6, 6.07) is 7.90. The van der Waals surface area contributed by atoms with Crippen LogP contribution in [0.15, 0.2) is 24.3 Å². The molecule has 0 aliphatic carbocycles. The van der Waals surface area contributed by atoms with E-state index in [0.717, 1.165) is 49.9 Å². The molecular formula is C15H22ClNO2. The standard InChI is InChI=1S/C15H22ClNO2/c1-2-17-9-15(13-5-3-4-6-14(13)16)19-11-12-7-8-18-10-12/h3-6,12,15,17H,2,7-11H2,1H3. The van der Waals surface area contributed by atoms with Crippen LogP contribution in [0.25, 0.3) is 0 Å². The molecule has 106 valence electrons. The highest BCUT2D eigenvalue weighted by Crippen LogP contribution is 2.26. The summed E-state index contributed by atoms with van der Waals surface area (Å²) in [7, 11) is 0. The normalized spacial score (nSPS) is 20.6. The summed E-state index contributed by atoms with van der Waals surface area (Å²) in [4.78, 5) is 0. The van der Waals surface area contributed by atoms with Gasteiger partial charge in [0.2, 0.25) is 0 Å². The highest BCUT2D eigenvalue weighted by molar-refractivity contribution is 6.31. The van der Waals surface area contributed by atoms with Crippen molar-refractivity contribution in [2.24, 2.45) is 5.92 Å². The van der Waals surface area contributed by atoms with Crippen molar-refractivity contribution in [1.29, 1.82) is 0 Å². The minimum atomic E-state index is 0.00856. The Labute approximate surface area is 120 Å². The maximum Gasteiger partial charge on any atom is 0.0963 e. The van der Waals surface area contributed by atoms with Gasteiger partial charge in [0, 0.05) is 29.7 Å². The van der Waals surface area contributed by atoms with E-state index < -0.39 is 0 Å². The lowest BCUT2D eigenvalue weighted by Gasteiger charge is -2.21. The molecule has 1 heterocycles. The fourth-order valence-electron chi connectivity index (χ4n) is 2.24. The van der Waals surface area contributed by atoms with Gasteiger partial charge in [0.1, 0.15) is 0 Å². The predicted molar refractivity (Wildman–Crippen MR) is 77.6 cm³/mol. The second-order valence-corrected chi connectivity index (χ2v) is 5.29. The Bertz CT molecular complexity index is 380. The Kier molecular flexibility index (Phi) is 6.11. The number of hydrogen-bond acceptors (Lipinski definition) is 3. The zero-order valence-electron chi connectivity index (χ0n) is 11.4. The van der Waals surface area contributed by atoms with Gasteiger partial charge in [-0.1, -0.05) is 36.7 Å². The van der Waals surface area contributed by atoms with Crippen LogP contribution in [0.2, 0.25) is 5.02 Å². The third kappa shape index (κ3) is 4.46.